The minimum atomic E-state index is -0.669. The van der Waals surface area contributed by atoms with Gasteiger partial charge in [0.1, 0.15) is 11.3 Å². The normalized spacial score (nSPS) is 15.1. The van der Waals surface area contributed by atoms with Crippen molar-refractivity contribution in [1.29, 1.82) is 0 Å². The summed E-state index contributed by atoms with van der Waals surface area (Å²) in [5.41, 5.74) is 7.47. The smallest absolute Gasteiger partial charge is 0.247 e. The van der Waals surface area contributed by atoms with Crippen molar-refractivity contribution in [1.82, 2.24) is 19.9 Å². The van der Waals surface area contributed by atoms with E-state index in [0.29, 0.717) is 47.0 Å². The molecule has 0 bridgehead atoms. The Hall–Kier alpha value is -3.55. The van der Waals surface area contributed by atoms with Gasteiger partial charge in [-0.1, -0.05) is 0 Å². The number of hydrogen-bond donors (Lipinski definition) is 2. The van der Waals surface area contributed by atoms with Gasteiger partial charge in [0.05, 0.1) is 16.7 Å². The molecule has 4 aromatic rings. The molecule has 8 nitrogen and oxygen atoms in total. The first-order valence-corrected chi connectivity index (χ1v) is 8.61. The lowest BCUT2D eigenvalue weighted by Crippen LogP contribution is -2.29. The highest BCUT2D eigenvalue weighted by atomic mass is 16.4. The SMILES string of the molecule is CNc1ncc(-c2nc3cccnc3o2)c2cc(C3(C(N)=O)CC3)ncc12. The summed E-state index contributed by atoms with van der Waals surface area (Å²) in [6.45, 7) is 0. The number of nitrogens with one attached hydrogen (secondary N) is 1. The fourth-order valence-corrected chi connectivity index (χ4v) is 3.41. The van der Waals surface area contributed by atoms with Crippen LogP contribution in [-0.2, 0) is 10.2 Å². The van der Waals surface area contributed by atoms with E-state index in [1.54, 1.807) is 31.7 Å². The molecule has 0 saturated heterocycles. The van der Waals surface area contributed by atoms with E-state index >= 15 is 0 Å². The third kappa shape index (κ3) is 2.26. The van der Waals surface area contributed by atoms with Crippen LogP contribution in [0.5, 0.6) is 0 Å². The van der Waals surface area contributed by atoms with Gasteiger partial charge in [0.15, 0.2) is 0 Å². The minimum absolute atomic E-state index is 0.343. The fourth-order valence-electron chi connectivity index (χ4n) is 3.41. The second-order valence-electron chi connectivity index (χ2n) is 6.68. The van der Waals surface area contributed by atoms with Crippen LogP contribution in [0.2, 0.25) is 0 Å². The summed E-state index contributed by atoms with van der Waals surface area (Å²) in [6.07, 6.45) is 6.51. The van der Waals surface area contributed by atoms with E-state index in [1.807, 2.05) is 12.1 Å². The van der Waals surface area contributed by atoms with Crippen LogP contribution in [0.1, 0.15) is 18.5 Å². The Balaban J connectivity index is 1.77. The number of nitrogens with zero attached hydrogens (tertiary/aromatic N) is 4. The van der Waals surface area contributed by atoms with Gasteiger partial charge in [-0.25, -0.2) is 15.0 Å². The average molecular weight is 360 g/mol. The summed E-state index contributed by atoms with van der Waals surface area (Å²) in [5, 5.41) is 4.73. The molecule has 0 spiro atoms. The van der Waals surface area contributed by atoms with E-state index in [0.717, 1.165) is 10.8 Å². The first-order chi connectivity index (χ1) is 13.1. The van der Waals surface area contributed by atoms with Crippen LogP contribution in [0.3, 0.4) is 0 Å². The largest absolute Gasteiger partial charge is 0.418 e. The predicted molar refractivity (Wildman–Crippen MR) is 100.0 cm³/mol. The van der Waals surface area contributed by atoms with Crippen LogP contribution in [-0.4, -0.2) is 32.9 Å². The highest BCUT2D eigenvalue weighted by Gasteiger charge is 2.51. The molecular formula is C19H16N6O2. The number of anilines is 1. The van der Waals surface area contributed by atoms with Crippen molar-refractivity contribution in [3.05, 3.63) is 42.5 Å². The number of rotatable bonds is 4. The van der Waals surface area contributed by atoms with E-state index < -0.39 is 5.41 Å². The molecule has 1 aliphatic carbocycles. The highest BCUT2D eigenvalue weighted by molar-refractivity contribution is 6.01. The number of nitrogens with two attached hydrogens (primary N) is 1. The van der Waals surface area contributed by atoms with Crippen LogP contribution in [0.25, 0.3) is 33.5 Å². The molecule has 0 radical (unpaired) electrons. The molecule has 4 aromatic heterocycles. The molecular weight excluding hydrogens is 344 g/mol. The van der Waals surface area contributed by atoms with Gasteiger partial charge < -0.3 is 15.5 Å². The van der Waals surface area contributed by atoms with Gasteiger partial charge in [0.2, 0.25) is 17.5 Å². The molecule has 1 saturated carbocycles. The van der Waals surface area contributed by atoms with E-state index in [9.17, 15) is 4.79 Å². The van der Waals surface area contributed by atoms with Crippen LogP contribution in [0.4, 0.5) is 5.82 Å². The standard InChI is InChI=1S/C19H16N6O2/c1-21-15-11-8-23-14(19(4-5-19)18(20)26)7-10(11)12(9-24-15)16-25-13-3-2-6-22-17(13)27-16/h2-3,6-9H,4-5H2,1H3,(H2,20,26)(H,21,24). The number of fused-ring (bicyclic) bond motifs is 2. The van der Waals surface area contributed by atoms with Crippen molar-refractivity contribution >= 4 is 33.7 Å². The molecule has 0 atom stereocenters. The second kappa shape index (κ2) is 5.47. The number of amides is 1. The maximum absolute atomic E-state index is 11.9. The second-order valence-corrected chi connectivity index (χ2v) is 6.68. The summed E-state index contributed by atoms with van der Waals surface area (Å²) in [5.74, 6) is 0.765. The summed E-state index contributed by atoms with van der Waals surface area (Å²) < 4.78 is 5.83. The molecule has 1 aliphatic rings. The van der Waals surface area contributed by atoms with E-state index in [-0.39, 0.29) is 5.91 Å². The van der Waals surface area contributed by atoms with Crippen LogP contribution >= 0.6 is 0 Å². The number of aromatic nitrogens is 4. The maximum atomic E-state index is 11.9. The van der Waals surface area contributed by atoms with E-state index in [1.165, 1.54) is 0 Å². The zero-order chi connectivity index (χ0) is 18.6. The molecule has 0 aliphatic heterocycles. The van der Waals surface area contributed by atoms with Crippen molar-refractivity contribution in [2.75, 3.05) is 12.4 Å². The van der Waals surface area contributed by atoms with E-state index in [4.69, 9.17) is 10.2 Å². The molecule has 5 rings (SSSR count). The minimum Gasteiger partial charge on any atom is -0.418 e. The number of pyridine rings is 3. The van der Waals surface area contributed by atoms with Crippen molar-refractivity contribution in [2.24, 2.45) is 5.73 Å². The number of carbonyl (C=O) groups excluding carboxylic acids is 1. The van der Waals surface area contributed by atoms with Gasteiger partial charge in [0.25, 0.3) is 0 Å². The maximum Gasteiger partial charge on any atom is 0.247 e. The van der Waals surface area contributed by atoms with Crippen molar-refractivity contribution in [3.63, 3.8) is 0 Å². The topological polar surface area (TPSA) is 120 Å². The molecule has 4 heterocycles. The van der Waals surface area contributed by atoms with E-state index in [2.05, 4.69) is 25.3 Å². The Bertz CT molecular complexity index is 1180. The summed E-state index contributed by atoms with van der Waals surface area (Å²) in [6, 6.07) is 5.54. The number of oxazole rings is 1. The fraction of sp³-hybridized carbons (Fsp3) is 0.211. The van der Waals surface area contributed by atoms with Crippen LogP contribution < -0.4 is 11.1 Å². The Morgan fingerprint density at radius 2 is 2.07 bits per heavy atom. The van der Waals surface area contributed by atoms with Gasteiger partial charge in [-0.05, 0) is 31.0 Å². The zero-order valence-corrected chi connectivity index (χ0v) is 14.6. The molecule has 3 N–H and O–H groups in total. The third-order valence-corrected chi connectivity index (χ3v) is 5.12. The summed E-state index contributed by atoms with van der Waals surface area (Å²) in [4.78, 5) is 29.6. The molecule has 0 unspecified atom stereocenters. The van der Waals surface area contributed by atoms with Gasteiger partial charge in [-0.3, -0.25) is 9.78 Å². The molecule has 134 valence electrons. The van der Waals surface area contributed by atoms with Gasteiger partial charge >= 0.3 is 0 Å². The number of hydrogen-bond acceptors (Lipinski definition) is 7. The molecule has 0 aromatic carbocycles. The summed E-state index contributed by atoms with van der Waals surface area (Å²) >= 11 is 0. The first-order valence-electron chi connectivity index (χ1n) is 8.61. The van der Waals surface area contributed by atoms with Gasteiger partial charge in [-0.2, -0.15) is 0 Å². The Labute approximate surface area is 153 Å². The number of primary amides is 1. The average Bonchev–Trinajstić information content (AvgIpc) is 3.40. The Morgan fingerprint density at radius 1 is 1.22 bits per heavy atom. The van der Waals surface area contributed by atoms with Gasteiger partial charge in [-0.15, -0.1) is 0 Å². The lowest BCUT2D eigenvalue weighted by Gasteiger charge is -2.13. The van der Waals surface area contributed by atoms with Crippen LogP contribution in [0.15, 0.2) is 41.2 Å². The predicted octanol–water partition coefficient (Wildman–Crippen LogP) is 2.39. The number of carbonyl (C=O) groups is 1. The Kier molecular flexibility index (Phi) is 3.18. The zero-order valence-electron chi connectivity index (χ0n) is 14.6. The molecule has 1 amide bonds. The van der Waals surface area contributed by atoms with Crippen LogP contribution in [0, 0.1) is 0 Å². The lowest BCUT2D eigenvalue weighted by molar-refractivity contribution is -0.120. The first kappa shape index (κ1) is 15.7. The lowest BCUT2D eigenvalue weighted by atomic mass is 9.98. The van der Waals surface area contributed by atoms with Crippen molar-refractivity contribution in [2.45, 2.75) is 18.3 Å². The highest BCUT2D eigenvalue weighted by Crippen LogP contribution is 2.48. The van der Waals surface area contributed by atoms with Crippen molar-refractivity contribution < 1.29 is 9.21 Å². The quantitative estimate of drug-likeness (QED) is 0.573. The molecule has 27 heavy (non-hydrogen) atoms. The van der Waals surface area contributed by atoms with Gasteiger partial charge in [0, 0.05) is 36.4 Å². The van der Waals surface area contributed by atoms with Crippen molar-refractivity contribution in [3.8, 4) is 11.5 Å². The molecule has 8 heteroatoms. The Morgan fingerprint density at radius 3 is 2.78 bits per heavy atom. The monoisotopic (exact) mass is 360 g/mol. The summed E-state index contributed by atoms with van der Waals surface area (Å²) in [7, 11) is 1.80. The third-order valence-electron chi connectivity index (χ3n) is 5.12. The molecule has 1 fully saturated rings.